The first-order chi connectivity index (χ1) is 18.0. The predicted molar refractivity (Wildman–Crippen MR) is 140 cm³/mol. The second-order valence-corrected chi connectivity index (χ2v) is 9.03. The second kappa shape index (κ2) is 10.3. The van der Waals surface area contributed by atoms with Gasteiger partial charge in [0, 0.05) is 12.2 Å². The van der Waals surface area contributed by atoms with Crippen LogP contribution in [0.3, 0.4) is 0 Å². The summed E-state index contributed by atoms with van der Waals surface area (Å²) in [6, 6.07) is 23.0. The maximum atomic E-state index is 13.9. The Kier molecular flexibility index (Phi) is 6.72. The first kappa shape index (κ1) is 24.2. The van der Waals surface area contributed by atoms with Gasteiger partial charge in [0.1, 0.15) is 11.9 Å². The topological polar surface area (TPSA) is 93.5 Å². The van der Waals surface area contributed by atoms with Gasteiger partial charge in [0.2, 0.25) is 11.8 Å². The largest absolute Gasteiger partial charge is 0.462 e. The number of hydrogen-bond donors (Lipinski definition) is 1. The molecule has 8 nitrogen and oxygen atoms in total. The predicted octanol–water partition coefficient (Wildman–Crippen LogP) is 4.89. The lowest BCUT2D eigenvalue weighted by molar-refractivity contribution is -0.142. The molecule has 3 aromatic carbocycles. The number of imidazole rings is 1. The van der Waals surface area contributed by atoms with E-state index < -0.39 is 12.0 Å². The van der Waals surface area contributed by atoms with E-state index in [1.807, 2.05) is 66.1 Å². The highest BCUT2D eigenvalue weighted by Gasteiger charge is 2.40. The van der Waals surface area contributed by atoms with Crippen LogP contribution in [0.1, 0.15) is 54.1 Å². The second-order valence-electron chi connectivity index (χ2n) is 9.03. The smallest absolute Gasteiger partial charge is 0.338 e. The number of amides is 2. The molecular formula is C29H28N4O4. The zero-order valence-corrected chi connectivity index (χ0v) is 20.8. The zero-order valence-electron chi connectivity index (χ0n) is 20.8. The Hall–Kier alpha value is -4.46. The summed E-state index contributed by atoms with van der Waals surface area (Å²) < 4.78 is 6.95. The fraction of sp³-hybridized carbons (Fsp3) is 0.241. The van der Waals surface area contributed by atoms with E-state index in [0.29, 0.717) is 17.8 Å². The van der Waals surface area contributed by atoms with Crippen LogP contribution in [0.15, 0.2) is 78.9 Å². The Morgan fingerprint density at radius 1 is 1.00 bits per heavy atom. The van der Waals surface area contributed by atoms with E-state index >= 15 is 0 Å². The Morgan fingerprint density at radius 2 is 1.76 bits per heavy atom. The molecule has 8 heteroatoms. The van der Waals surface area contributed by atoms with E-state index in [-0.39, 0.29) is 30.9 Å². The molecule has 0 bridgehead atoms. The van der Waals surface area contributed by atoms with Gasteiger partial charge in [-0.1, -0.05) is 48.5 Å². The lowest BCUT2D eigenvalue weighted by Gasteiger charge is -2.38. The molecule has 0 fully saturated rings. The lowest BCUT2D eigenvalue weighted by Crippen LogP contribution is -2.45. The fourth-order valence-corrected chi connectivity index (χ4v) is 4.82. The minimum absolute atomic E-state index is 0.0756. The normalized spacial score (nSPS) is 16.9. The average molecular weight is 497 g/mol. The first-order valence-corrected chi connectivity index (χ1v) is 12.3. The summed E-state index contributed by atoms with van der Waals surface area (Å²) in [5, 5.41) is 2.84. The van der Waals surface area contributed by atoms with Crippen molar-refractivity contribution in [2.24, 2.45) is 0 Å². The molecule has 2 atom stereocenters. The third-order valence-corrected chi connectivity index (χ3v) is 6.58. The van der Waals surface area contributed by atoms with E-state index in [1.165, 1.54) is 0 Å². The number of carbonyl (C=O) groups excluding carboxylic acids is 3. The molecule has 5 rings (SSSR count). The Labute approximate surface area is 214 Å². The van der Waals surface area contributed by atoms with Crippen LogP contribution in [0.5, 0.6) is 0 Å². The maximum absolute atomic E-state index is 13.9. The molecule has 0 saturated heterocycles. The molecule has 4 aromatic rings. The zero-order chi connectivity index (χ0) is 25.9. The van der Waals surface area contributed by atoms with Crippen molar-refractivity contribution >= 4 is 34.5 Å². The Morgan fingerprint density at radius 3 is 2.54 bits per heavy atom. The summed E-state index contributed by atoms with van der Waals surface area (Å²) in [6.07, 6.45) is -0.0756. The molecule has 0 spiro atoms. The van der Waals surface area contributed by atoms with Crippen LogP contribution in [0.25, 0.3) is 11.0 Å². The van der Waals surface area contributed by atoms with Gasteiger partial charge < -0.3 is 19.5 Å². The molecule has 0 aliphatic carbocycles. The summed E-state index contributed by atoms with van der Waals surface area (Å²) in [6.45, 7) is 4.39. The van der Waals surface area contributed by atoms with Crippen molar-refractivity contribution in [3.63, 3.8) is 0 Å². The molecule has 37 heavy (non-hydrogen) atoms. The van der Waals surface area contributed by atoms with Crippen LogP contribution in [0.2, 0.25) is 0 Å². The highest BCUT2D eigenvalue weighted by molar-refractivity contribution is 5.97. The number of carbonyl (C=O) groups is 3. The number of nitrogens with one attached hydrogen (secondary N) is 1. The van der Waals surface area contributed by atoms with E-state index in [1.54, 1.807) is 36.1 Å². The monoisotopic (exact) mass is 496 g/mol. The molecule has 2 amide bonds. The third kappa shape index (κ3) is 4.82. The number of aromatic nitrogens is 2. The van der Waals surface area contributed by atoms with Crippen LogP contribution in [0, 0.1) is 0 Å². The quantitative estimate of drug-likeness (QED) is 0.368. The molecule has 0 saturated carbocycles. The van der Waals surface area contributed by atoms with Gasteiger partial charge in [0.05, 0.1) is 35.7 Å². The van der Waals surface area contributed by atoms with Crippen molar-refractivity contribution in [3.05, 3.63) is 95.8 Å². The van der Waals surface area contributed by atoms with Gasteiger partial charge in [-0.3, -0.25) is 9.59 Å². The molecule has 2 heterocycles. The van der Waals surface area contributed by atoms with Crippen LogP contribution in [0.4, 0.5) is 5.69 Å². The molecule has 1 aromatic heterocycles. The highest BCUT2D eigenvalue weighted by atomic mass is 16.5. The summed E-state index contributed by atoms with van der Waals surface area (Å²) >= 11 is 0. The van der Waals surface area contributed by atoms with Crippen molar-refractivity contribution < 1.29 is 19.1 Å². The number of hydrogen-bond acceptors (Lipinski definition) is 5. The van der Waals surface area contributed by atoms with Crippen molar-refractivity contribution in [2.75, 3.05) is 11.9 Å². The molecule has 2 unspecified atom stereocenters. The summed E-state index contributed by atoms with van der Waals surface area (Å²) in [4.78, 5) is 45.8. The van der Waals surface area contributed by atoms with Crippen molar-refractivity contribution in [1.82, 2.24) is 14.5 Å². The highest BCUT2D eigenvalue weighted by Crippen LogP contribution is 2.37. The van der Waals surface area contributed by atoms with Gasteiger partial charge in [-0.2, -0.15) is 0 Å². The number of benzene rings is 3. The molecule has 1 aliphatic heterocycles. The van der Waals surface area contributed by atoms with Crippen molar-refractivity contribution in [3.8, 4) is 0 Å². The molecule has 188 valence electrons. The average Bonchev–Trinajstić information content (AvgIpc) is 3.30. The number of anilines is 1. The minimum Gasteiger partial charge on any atom is -0.462 e. The Balaban J connectivity index is 1.45. The van der Waals surface area contributed by atoms with Crippen LogP contribution in [-0.4, -0.2) is 38.8 Å². The maximum Gasteiger partial charge on any atom is 0.338 e. The lowest BCUT2D eigenvalue weighted by atomic mass is 10.0. The number of fused-ring (bicyclic) bond motifs is 3. The molecular weight excluding hydrogens is 468 g/mol. The number of ether oxygens (including phenoxy) is 1. The van der Waals surface area contributed by atoms with Gasteiger partial charge in [-0.25, -0.2) is 9.78 Å². The van der Waals surface area contributed by atoms with Crippen molar-refractivity contribution in [2.45, 2.75) is 38.9 Å². The van der Waals surface area contributed by atoms with Gasteiger partial charge in [-0.15, -0.1) is 0 Å². The molecule has 0 radical (unpaired) electrons. The van der Waals surface area contributed by atoms with Crippen LogP contribution < -0.4 is 5.32 Å². The third-order valence-electron chi connectivity index (χ3n) is 6.58. The van der Waals surface area contributed by atoms with Gasteiger partial charge in [0.25, 0.3) is 0 Å². The molecule has 1 aliphatic rings. The van der Waals surface area contributed by atoms with Gasteiger partial charge in [0.15, 0.2) is 0 Å². The Bertz CT molecular complexity index is 1460. The van der Waals surface area contributed by atoms with Crippen LogP contribution >= 0.6 is 0 Å². The number of para-hydroxylation sites is 2. The summed E-state index contributed by atoms with van der Waals surface area (Å²) in [7, 11) is 0. The number of esters is 1. The fourth-order valence-electron chi connectivity index (χ4n) is 4.82. The number of nitrogens with zero attached hydrogens (tertiary/aromatic N) is 3. The van der Waals surface area contributed by atoms with Crippen LogP contribution in [-0.2, 0) is 20.9 Å². The summed E-state index contributed by atoms with van der Waals surface area (Å²) in [5.74, 6) is -0.181. The SMILES string of the molecule is CCOC(=O)c1cccc(NC(=O)CC2C(=O)N(Cc3ccccc3)C(C)c3nc4ccccc4n32)c1. The minimum atomic E-state index is -0.754. The van der Waals surface area contributed by atoms with Crippen molar-refractivity contribution in [1.29, 1.82) is 0 Å². The van der Waals surface area contributed by atoms with Gasteiger partial charge >= 0.3 is 5.97 Å². The van der Waals surface area contributed by atoms with E-state index in [9.17, 15) is 14.4 Å². The van der Waals surface area contributed by atoms with E-state index in [4.69, 9.17) is 9.72 Å². The molecule has 1 N–H and O–H groups in total. The van der Waals surface area contributed by atoms with E-state index in [0.717, 1.165) is 22.4 Å². The number of rotatable bonds is 7. The van der Waals surface area contributed by atoms with Gasteiger partial charge in [-0.05, 0) is 49.7 Å². The standard InChI is InChI=1S/C29H28N4O4/c1-3-37-29(36)21-12-9-13-22(16-21)30-26(34)17-25-28(35)32(18-20-10-5-4-6-11-20)19(2)27-31-23-14-7-8-15-24(23)33(25)27/h4-16,19,25H,3,17-18H2,1-2H3,(H,30,34). The van der Waals surface area contributed by atoms with E-state index in [2.05, 4.69) is 5.32 Å². The first-order valence-electron chi connectivity index (χ1n) is 12.3. The summed E-state index contributed by atoms with van der Waals surface area (Å²) in [5.41, 5.74) is 3.42.